The largest absolute Gasteiger partial charge is 0.467 e. The highest BCUT2D eigenvalue weighted by Crippen LogP contribution is 2.16. The van der Waals surface area contributed by atoms with E-state index in [0.717, 1.165) is 6.54 Å². The van der Waals surface area contributed by atoms with E-state index in [1.54, 1.807) is 0 Å². The Labute approximate surface area is 92.2 Å². The number of likely N-dealkylation sites (N-methyl/N-ethyl adjacent to an activating group) is 1. The quantitative estimate of drug-likeness (QED) is 0.710. The summed E-state index contributed by atoms with van der Waals surface area (Å²) in [6.45, 7) is 8.87. The second-order valence-electron chi connectivity index (χ2n) is 5.50. The molecule has 0 aliphatic carbocycles. The first-order valence-corrected chi connectivity index (χ1v) is 5.08. The van der Waals surface area contributed by atoms with Crippen LogP contribution in [0.15, 0.2) is 0 Å². The van der Waals surface area contributed by atoms with E-state index in [1.165, 1.54) is 14.0 Å². The molecule has 1 unspecified atom stereocenters. The molecule has 0 bridgehead atoms. The van der Waals surface area contributed by atoms with E-state index in [-0.39, 0.29) is 12.0 Å². The smallest absolute Gasteiger partial charge is 0.338 e. The van der Waals surface area contributed by atoms with Crippen LogP contribution in [-0.2, 0) is 9.53 Å². The monoisotopic (exact) mass is 217 g/mol. The number of methoxy groups -OCH3 is 1. The van der Waals surface area contributed by atoms with Crippen molar-refractivity contribution in [1.82, 2.24) is 4.90 Å². The van der Waals surface area contributed by atoms with Gasteiger partial charge >= 0.3 is 5.97 Å². The fourth-order valence-electron chi connectivity index (χ4n) is 1.68. The van der Waals surface area contributed by atoms with Gasteiger partial charge in [0.1, 0.15) is 0 Å². The van der Waals surface area contributed by atoms with Crippen LogP contribution in [-0.4, -0.2) is 48.8 Å². The molecule has 0 rings (SSSR count). The first kappa shape index (κ1) is 14.4. The van der Waals surface area contributed by atoms with Crippen LogP contribution in [0, 0.1) is 5.41 Å². The Morgan fingerprint density at radius 1 is 1.27 bits per heavy atom. The fraction of sp³-hybridized carbons (Fsp3) is 0.909. The molecule has 0 aromatic heterocycles. The maximum Gasteiger partial charge on any atom is 0.338 e. The lowest BCUT2D eigenvalue weighted by Gasteiger charge is -2.31. The van der Waals surface area contributed by atoms with Gasteiger partial charge in [-0.3, -0.25) is 0 Å². The van der Waals surface area contributed by atoms with Gasteiger partial charge in [0.15, 0.2) is 5.60 Å². The Bertz CT molecular complexity index is 218. The molecular formula is C11H23NO3. The zero-order valence-electron chi connectivity index (χ0n) is 10.6. The lowest BCUT2D eigenvalue weighted by atomic mass is 9.95. The summed E-state index contributed by atoms with van der Waals surface area (Å²) in [7, 11) is 3.16. The minimum Gasteiger partial charge on any atom is -0.467 e. The molecule has 0 radical (unpaired) electrons. The van der Waals surface area contributed by atoms with Gasteiger partial charge in [-0.05, 0) is 19.4 Å². The fourth-order valence-corrected chi connectivity index (χ4v) is 1.68. The van der Waals surface area contributed by atoms with E-state index in [9.17, 15) is 9.90 Å². The first-order valence-electron chi connectivity index (χ1n) is 5.08. The van der Waals surface area contributed by atoms with Crippen molar-refractivity contribution < 1.29 is 14.6 Å². The highest BCUT2D eigenvalue weighted by atomic mass is 16.5. The third-order valence-corrected chi connectivity index (χ3v) is 1.95. The summed E-state index contributed by atoms with van der Waals surface area (Å²) in [4.78, 5) is 13.2. The van der Waals surface area contributed by atoms with Crippen LogP contribution >= 0.6 is 0 Å². The summed E-state index contributed by atoms with van der Waals surface area (Å²) >= 11 is 0. The molecular weight excluding hydrogens is 194 g/mol. The number of rotatable bonds is 4. The molecule has 0 heterocycles. The highest BCUT2D eigenvalue weighted by molar-refractivity contribution is 5.78. The van der Waals surface area contributed by atoms with Crippen LogP contribution in [0.2, 0.25) is 0 Å². The second kappa shape index (κ2) is 4.94. The van der Waals surface area contributed by atoms with Gasteiger partial charge in [0, 0.05) is 13.1 Å². The van der Waals surface area contributed by atoms with Gasteiger partial charge in [-0.15, -0.1) is 0 Å². The van der Waals surface area contributed by atoms with Crippen LogP contribution in [0.5, 0.6) is 0 Å². The highest BCUT2D eigenvalue weighted by Gasteiger charge is 2.33. The molecule has 0 amide bonds. The normalized spacial score (nSPS) is 16.3. The Hall–Kier alpha value is -0.610. The van der Waals surface area contributed by atoms with Crippen LogP contribution in [0.4, 0.5) is 0 Å². The number of ether oxygens (including phenoxy) is 1. The van der Waals surface area contributed by atoms with Crippen molar-refractivity contribution in [2.24, 2.45) is 5.41 Å². The van der Waals surface area contributed by atoms with Crippen molar-refractivity contribution in [3.63, 3.8) is 0 Å². The van der Waals surface area contributed by atoms with E-state index in [0.29, 0.717) is 0 Å². The molecule has 4 nitrogen and oxygen atoms in total. The number of hydrogen-bond donors (Lipinski definition) is 1. The van der Waals surface area contributed by atoms with Crippen molar-refractivity contribution in [3.8, 4) is 0 Å². The Kier molecular flexibility index (Phi) is 4.74. The van der Waals surface area contributed by atoms with E-state index in [4.69, 9.17) is 0 Å². The van der Waals surface area contributed by atoms with Crippen molar-refractivity contribution in [1.29, 1.82) is 0 Å². The molecule has 0 aliphatic heterocycles. The zero-order chi connectivity index (χ0) is 12.3. The lowest BCUT2D eigenvalue weighted by Crippen LogP contribution is -2.47. The molecule has 4 heteroatoms. The third kappa shape index (κ3) is 5.74. The minimum absolute atomic E-state index is 0.140. The Morgan fingerprint density at radius 2 is 1.73 bits per heavy atom. The molecule has 0 fully saturated rings. The standard InChI is InChI=1S/C11H23NO3/c1-10(2,3)7-12(5)8-11(4,14)9(13)15-6/h14H,7-8H2,1-6H3. The maximum atomic E-state index is 11.2. The SMILES string of the molecule is COC(=O)C(C)(O)CN(C)CC(C)(C)C. The topological polar surface area (TPSA) is 49.8 Å². The van der Waals surface area contributed by atoms with Crippen molar-refractivity contribution in [2.45, 2.75) is 33.3 Å². The van der Waals surface area contributed by atoms with E-state index in [2.05, 4.69) is 25.5 Å². The molecule has 0 saturated carbocycles. The van der Waals surface area contributed by atoms with Gasteiger partial charge in [-0.2, -0.15) is 0 Å². The first-order chi connectivity index (χ1) is 6.58. The molecule has 1 N–H and O–H groups in total. The number of aliphatic hydroxyl groups is 1. The maximum absolute atomic E-state index is 11.2. The predicted octanol–water partition coefficient (Wildman–Crippen LogP) is 0.888. The average molecular weight is 217 g/mol. The van der Waals surface area contributed by atoms with Crippen LogP contribution < -0.4 is 0 Å². The van der Waals surface area contributed by atoms with Gasteiger partial charge in [0.2, 0.25) is 0 Å². The van der Waals surface area contributed by atoms with Gasteiger partial charge in [-0.1, -0.05) is 20.8 Å². The Morgan fingerprint density at radius 3 is 2.07 bits per heavy atom. The molecule has 1 atom stereocenters. The van der Waals surface area contributed by atoms with Gasteiger partial charge in [0.05, 0.1) is 7.11 Å². The summed E-state index contributed by atoms with van der Waals surface area (Å²) in [5.41, 5.74) is -1.30. The van der Waals surface area contributed by atoms with Crippen LogP contribution in [0.1, 0.15) is 27.7 Å². The zero-order valence-corrected chi connectivity index (χ0v) is 10.6. The predicted molar refractivity (Wildman–Crippen MR) is 59.6 cm³/mol. The van der Waals surface area contributed by atoms with Crippen LogP contribution in [0.25, 0.3) is 0 Å². The summed E-state index contributed by atoms with van der Waals surface area (Å²) < 4.78 is 4.53. The minimum atomic E-state index is -1.44. The van der Waals surface area contributed by atoms with E-state index < -0.39 is 11.6 Å². The van der Waals surface area contributed by atoms with Crippen LogP contribution in [0.3, 0.4) is 0 Å². The number of carbonyl (C=O) groups is 1. The molecule has 0 saturated heterocycles. The lowest BCUT2D eigenvalue weighted by molar-refractivity contribution is -0.162. The summed E-state index contributed by atoms with van der Waals surface area (Å²) in [6.07, 6.45) is 0. The molecule has 0 aromatic carbocycles. The molecule has 0 aliphatic rings. The number of esters is 1. The van der Waals surface area contributed by atoms with Crippen molar-refractivity contribution in [2.75, 3.05) is 27.2 Å². The molecule has 0 spiro atoms. The number of hydrogen-bond acceptors (Lipinski definition) is 4. The van der Waals surface area contributed by atoms with E-state index in [1.807, 2.05) is 11.9 Å². The second-order valence-corrected chi connectivity index (χ2v) is 5.50. The van der Waals surface area contributed by atoms with E-state index >= 15 is 0 Å². The summed E-state index contributed by atoms with van der Waals surface area (Å²) in [5.74, 6) is -0.594. The number of nitrogens with zero attached hydrogens (tertiary/aromatic N) is 1. The van der Waals surface area contributed by atoms with Gasteiger partial charge < -0.3 is 14.7 Å². The van der Waals surface area contributed by atoms with Gasteiger partial charge in [0.25, 0.3) is 0 Å². The summed E-state index contributed by atoms with van der Waals surface area (Å²) in [5, 5.41) is 9.83. The van der Waals surface area contributed by atoms with Crippen molar-refractivity contribution >= 4 is 5.97 Å². The third-order valence-electron chi connectivity index (χ3n) is 1.95. The molecule has 90 valence electrons. The van der Waals surface area contributed by atoms with Crippen molar-refractivity contribution in [3.05, 3.63) is 0 Å². The molecule has 0 aromatic rings. The average Bonchev–Trinajstić information content (AvgIpc) is 1.97. The Balaban J connectivity index is 4.28. The van der Waals surface area contributed by atoms with Gasteiger partial charge in [-0.25, -0.2) is 4.79 Å². The molecule has 15 heavy (non-hydrogen) atoms. The summed E-state index contributed by atoms with van der Waals surface area (Å²) in [6, 6.07) is 0. The number of carbonyl (C=O) groups excluding carboxylic acids is 1.